The maximum absolute atomic E-state index is 13.1. The number of nitrogens with one attached hydrogen (secondary N) is 1. The van der Waals surface area contributed by atoms with E-state index in [0.29, 0.717) is 23.7 Å². The first-order valence-corrected chi connectivity index (χ1v) is 9.92. The molecule has 2 heterocycles. The van der Waals surface area contributed by atoms with Crippen LogP contribution in [-0.4, -0.2) is 15.5 Å². The van der Waals surface area contributed by atoms with Crippen LogP contribution >= 0.6 is 11.6 Å². The van der Waals surface area contributed by atoms with E-state index in [4.69, 9.17) is 11.6 Å². The lowest BCUT2D eigenvalue weighted by Gasteiger charge is -2.21. The first-order chi connectivity index (χ1) is 13.9. The number of nitrogens with zero attached hydrogens (tertiary/aromatic N) is 2. The van der Waals surface area contributed by atoms with Crippen LogP contribution in [0.5, 0.6) is 0 Å². The highest BCUT2D eigenvalue weighted by molar-refractivity contribution is 6.33. The predicted molar refractivity (Wildman–Crippen MR) is 117 cm³/mol. The van der Waals surface area contributed by atoms with Crippen LogP contribution in [0.1, 0.15) is 41.2 Å². The van der Waals surface area contributed by atoms with Gasteiger partial charge < -0.3 is 9.88 Å². The summed E-state index contributed by atoms with van der Waals surface area (Å²) in [7, 11) is 0. The summed E-state index contributed by atoms with van der Waals surface area (Å²) >= 11 is 6.18. The Hall–Kier alpha value is -2.92. The van der Waals surface area contributed by atoms with Crippen molar-refractivity contribution in [1.82, 2.24) is 9.55 Å². The number of benzene rings is 1. The number of carbonyl (C=O) groups is 1. The lowest BCUT2D eigenvalue weighted by molar-refractivity contribution is 0.102. The van der Waals surface area contributed by atoms with Crippen molar-refractivity contribution in [1.29, 1.82) is 0 Å². The smallest absolute Gasteiger partial charge is 0.261 e. The quantitative estimate of drug-likeness (QED) is 0.641. The fraction of sp³-hybridized carbons (Fsp3) is 0.261. The molecule has 0 saturated heterocycles. The van der Waals surface area contributed by atoms with E-state index >= 15 is 0 Å². The van der Waals surface area contributed by atoms with Gasteiger partial charge in [-0.2, -0.15) is 0 Å². The average molecular weight is 410 g/mol. The van der Waals surface area contributed by atoms with Crippen LogP contribution < -0.4 is 10.7 Å². The Bertz CT molecular complexity index is 1080. The van der Waals surface area contributed by atoms with Crippen LogP contribution in [0.25, 0.3) is 0 Å². The van der Waals surface area contributed by atoms with Gasteiger partial charge >= 0.3 is 0 Å². The first kappa shape index (κ1) is 20.8. The van der Waals surface area contributed by atoms with Gasteiger partial charge in [0.25, 0.3) is 5.91 Å². The summed E-state index contributed by atoms with van der Waals surface area (Å²) in [5.41, 5.74) is 2.96. The van der Waals surface area contributed by atoms with E-state index in [1.54, 1.807) is 36.7 Å². The second-order valence-electron chi connectivity index (χ2n) is 7.45. The molecule has 3 rings (SSSR count). The van der Waals surface area contributed by atoms with E-state index in [-0.39, 0.29) is 16.9 Å². The summed E-state index contributed by atoms with van der Waals surface area (Å²) < 4.78 is 2.04. The Morgan fingerprint density at radius 3 is 2.52 bits per heavy atom. The molecule has 5 nitrogen and oxygen atoms in total. The molecule has 0 aliphatic heterocycles. The van der Waals surface area contributed by atoms with Gasteiger partial charge in [0, 0.05) is 36.4 Å². The monoisotopic (exact) mass is 409 g/mol. The minimum atomic E-state index is -0.442. The zero-order chi connectivity index (χ0) is 21.0. The van der Waals surface area contributed by atoms with E-state index in [1.165, 1.54) is 6.07 Å². The van der Waals surface area contributed by atoms with Gasteiger partial charge in [0.2, 0.25) is 0 Å². The third-order valence-corrected chi connectivity index (χ3v) is 5.00. The normalized spacial score (nSPS) is 10.9. The number of halogens is 1. The van der Waals surface area contributed by atoms with Crippen LogP contribution in [0.15, 0.2) is 59.7 Å². The molecule has 1 amide bonds. The number of rotatable bonds is 6. The Kier molecular flexibility index (Phi) is 6.49. The molecule has 29 heavy (non-hydrogen) atoms. The van der Waals surface area contributed by atoms with Gasteiger partial charge in [0.05, 0.1) is 10.7 Å². The molecule has 0 unspecified atom stereocenters. The molecule has 2 aromatic heterocycles. The lowest BCUT2D eigenvalue weighted by Crippen LogP contribution is -2.29. The van der Waals surface area contributed by atoms with Crippen molar-refractivity contribution in [2.75, 3.05) is 5.32 Å². The molecule has 0 saturated carbocycles. The number of aryl methyl sites for hydroxylation is 1. The molecule has 0 fully saturated rings. The SMILES string of the molecule is Cc1cc(=O)c(C(=O)Nc2ccccc2Cl)c(CC(C)C)n1Cc1ccncc1. The number of anilines is 1. The Morgan fingerprint density at radius 2 is 1.86 bits per heavy atom. The van der Waals surface area contributed by atoms with Crippen molar-refractivity contribution in [3.8, 4) is 0 Å². The number of hydrogen-bond donors (Lipinski definition) is 1. The van der Waals surface area contributed by atoms with Gasteiger partial charge in [0.15, 0.2) is 5.43 Å². The van der Waals surface area contributed by atoms with Crippen LogP contribution in [-0.2, 0) is 13.0 Å². The molecule has 1 N–H and O–H groups in total. The maximum atomic E-state index is 13.1. The van der Waals surface area contributed by atoms with Crippen molar-refractivity contribution in [3.63, 3.8) is 0 Å². The van der Waals surface area contributed by atoms with Crippen molar-refractivity contribution in [2.24, 2.45) is 5.92 Å². The summed E-state index contributed by atoms with van der Waals surface area (Å²) in [6, 6.07) is 12.4. The Balaban J connectivity index is 2.09. The highest BCUT2D eigenvalue weighted by Gasteiger charge is 2.22. The number of hydrogen-bond acceptors (Lipinski definition) is 3. The summed E-state index contributed by atoms with van der Waals surface area (Å²) in [6.45, 7) is 6.59. The highest BCUT2D eigenvalue weighted by atomic mass is 35.5. The Morgan fingerprint density at radius 1 is 1.17 bits per heavy atom. The summed E-state index contributed by atoms with van der Waals surface area (Å²) in [5, 5.41) is 3.22. The van der Waals surface area contributed by atoms with Crippen LogP contribution in [0.3, 0.4) is 0 Å². The minimum Gasteiger partial charge on any atom is -0.343 e. The molecule has 1 aromatic carbocycles. The van der Waals surface area contributed by atoms with E-state index < -0.39 is 5.91 Å². The largest absolute Gasteiger partial charge is 0.343 e. The predicted octanol–water partition coefficient (Wildman–Crippen LogP) is 4.70. The van der Waals surface area contributed by atoms with Crippen molar-refractivity contribution < 1.29 is 4.79 Å². The zero-order valence-corrected chi connectivity index (χ0v) is 17.5. The molecule has 0 spiro atoms. The molecule has 150 valence electrons. The maximum Gasteiger partial charge on any atom is 0.261 e. The van der Waals surface area contributed by atoms with Crippen LogP contribution in [0.4, 0.5) is 5.69 Å². The van der Waals surface area contributed by atoms with Gasteiger partial charge in [-0.25, -0.2) is 0 Å². The number of aromatic nitrogens is 2. The lowest BCUT2D eigenvalue weighted by atomic mass is 10.0. The highest BCUT2D eigenvalue weighted by Crippen LogP contribution is 2.22. The molecule has 0 aliphatic carbocycles. The second kappa shape index (κ2) is 9.05. The fourth-order valence-corrected chi connectivity index (χ4v) is 3.49. The topological polar surface area (TPSA) is 64.0 Å². The number of pyridine rings is 2. The van der Waals surface area contributed by atoms with Gasteiger partial charge in [0.1, 0.15) is 5.56 Å². The van der Waals surface area contributed by atoms with Gasteiger partial charge in [-0.1, -0.05) is 37.6 Å². The number of para-hydroxylation sites is 1. The number of amides is 1. The molecule has 0 atom stereocenters. The average Bonchev–Trinajstić information content (AvgIpc) is 2.67. The fourth-order valence-electron chi connectivity index (χ4n) is 3.31. The van der Waals surface area contributed by atoms with Gasteiger partial charge in [-0.15, -0.1) is 0 Å². The van der Waals surface area contributed by atoms with Gasteiger partial charge in [-0.3, -0.25) is 14.6 Å². The summed E-state index contributed by atoms with van der Waals surface area (Å²) in [5.74, 6) is -0.172. The molecular formula is C23H24ClN3O2. The number of carbonyl (C=O) groups excluding carboxylic acids is 1. The zero-order valence-electron chi connectivity index (χ0n) is 16.8. The Labute approximate surface area is 175 Å². The molecule has 0 radical (unpaired) electrons. The third-order valence-electron chi connectivity index (χ3n) is 4.67. The molecule has 3 aromatic rings. The van der Waals surface area contributed by atoms with E-state index in [9.17, 15) is 9.59 Å². The van der Waals surface area contributed by atoms with E-state index in [0.717, 1.165) is 17.0 Å². The summed E-state index contributed by atoms with van der Waals surface area (Å²) in [6.07, 6.45) is 4.08. The van der Waals surface area contributed by atoms with Crippen molar-refractivity contribution in [3.05, 3.63) is 92.6 Å². The second-order valence-corrected chi connectivity index (χ2v) is 7.85. The molecule has 0 bridgehead atoms. The van der Waals surface area contributed by atoms with E-state index in [2.05, 4.69) is 24.1 Å². The molecule has 6 heteroatoms. The van der Waals surface area contributed by atoms with Gasteiger partial charge in [-0.05, 0) is 49.1 Å². The van der Waals surface area contributed by atoms with Crippen LogP contribution in [0.2, 0.25) is 5.02 Å². The van der Waals surface area contributed by atoms with Crippen molar-refractivity contribution >= 4 is 23.2 Å². The summed E-state index contributed by atoms with van der Waals surface area (Å²) in [4.78, 5) is 30.0. The first-order valence-electron chi connectivity index (χ1n) is 9.55. The standard InChI is InChI=1S/C23H24ClN3O2/c1-15(2)12-20-22(23(29)26-19-7-5-4-6-18(19)24)21(28)13-16(3)27(20)14-17-8-10-25-11-9-17/h4-11,13,15H,12,14H2,1-3H3,(H,26,29). The molecule has 0 aliphatic rings. The third kappa shape index (κ3) is 4.93. The van der Waals surface area contributed by atoms with Crippen molar-refractivity contribution in [2.45, 2.75) is 33.7 Å². The van der Waals surface area contributed by atoms with Crippen LogP contribution in [0, 0.1) is 12.8 Å². The minimum absolute atomic E-state index is 0.165. The molecular weight excluding hydrogens is 386 g/mol. The van der Waals surface area contributed by atoms with E-state index in [1.807, 2.05) is 23.6 Å².